The molecule has 0 saturated carbocycles. The molecule has 0 aromatic heterocycles. The third-order valence-electron chi connectivity index (χ3n) is 2.80. The quantitative estimate of drug-likeness (QED) is 0.910. The highest BCUT2D eigenvalue weighted by Gasteiger charge is 2.08. The second-order valence-corrected chi connectivity index (χ2v) is 4.27. The third-order valence-corrected chi connectivity index (χ3v) is 2.80. The minimum Gasteiger partial charge on any atom is -0.337 e. The average molecular weight is 250 g/mol. The summed E-state index contributed by atoms with van der Waals surface area (Å²) in [5.41, 5.74) is 2.73. The Kier molecular flexibility index (Phi) is 3.94. The molecule has 2 aromatic rings. The molecule has 94 valence electrons. The fourth-order valence-corrected chi connectivity index (χ4v) is 1.76. The maximum Gasteiger partial charge on any atom is 0.252 e. The number of nitrogens with one attached hydrogen (secondary N) is 1. The summed E-state index contributed by atoms with van der Waals surface area (Å²) in [4.78, 5) is 11.8. The van der Waals surface area contributed by atoms with Crippen molar-refractivity contribution < 1.29 is 4.79 Å². The zero-order valence-corrected chi connectivity index (χ0v) is 10.6. The highest BCUT2D eigenvalue weighted by Crippen LogP contribution is 2.19. The molecule has 0 saturated heterocycles. The van der Waals surface area contributed by atoms with Gasteiger partial charge in [0.1, 0.15) is 6.04 Å². The van der Waals surface area contributed by atoms with E-state index in [2.05, 4.69) is 5.32 Å². The molecular formula is C16H14N2O. The van der Waals surface area contributed by atoms with Crippen molar-refractivity contribution in [2.45, 2.75) is 13.0 Å². The van der Waals surface area contributed by atoms with Gasteiger partial charge in [0, 0.05) is 5.56 Å². The van der Waals surface area contributed by atoms with Crippen LogP contribution in [0.3, 0.4) is 0 Å². The number of hydrogen-bond acceptors (Lipinski definition) is 2. The van der Waals surface area contributed by atoms with E-state index in [1.54, 1.807) is 19.1 Å². The van der Waals surface area contributed by atoms with E-state index < -0.39 is 6.04 Å². The summed E-state index contributed by atoms with van der Waals surface area (Å²) in [7, 11) is 0. The minimum absolute atomic E-state index is 0.228. The lowest BCUT2D eigenvalue weighted by atomic mass is 10.0. The van der Waals surface area contributed by atoms with Gasteiger partial charge in [0.25, 0.3) is 5.91 Å². The van der Waals surface area contributed by atoms with E-state index in [-0.39, 0.29) is 5.91 Å². The number of amides is 1. The molecule has 3 nitrogen and oxygen atoms in total. The van der Waals surface area contributed by atoms with Crippen LogP contribution in [-0.2, 0) is 0 Å². The summed E-state index contributed by atoms with van der Waals surface area (Å²) in [6.07, 6.45) is 0. The van der Waals surface area contributed by atoms with E-state index in [0.29, 0.717) is 5.56 Å². The van der Waals surface area contributed by atoms with Crippen molar-refractivity contribution in [3.63, 3.8) is 0 Å². The van der Waals surface area contributed by atoms with Gasteiger partial charge in [0.2, 0.25) is 0 Å². The zero-order chi connectivity index (χ0) is 13.7. The number of rotatable bonds is 3. The first kappa shape index (κ1) is 12.8. The molecule has 2 rings (SSSR count). The minimum atomic E-state index is -0.485. The van der Waals surface area contributed by atoms with Gasteiger partial charge in [-0.05, 0) is 30.2 Å². The van der Waals surface area contributed by atoms with Crippen LogP contribution in [0.5, 0.6) is 0 Å². The maximum absolute atomic E-state index is 11.8. The van der Waals surface area contributed by atoms with Crippen LogP contribution in [0, 0.1) is 11.3 Å². The molecule has 0 fully saturated rings. The van der Waals surface area contributed by atoms with E-state index in [1.165, 1.54) is 0 Å². The van der Waals surface area contributed by atoms with E-state index in [0.717, 1.165) is 11.1 Å². The van der Waals surface area contributed by atoms with Crippen molar-refractivity contribution in [3.8, 4) is 17.2 Å². The van der Waals surface area contributed by atoms with Gasteiger partial charge in [-0.3, -0.25) is 4.79 Å². The Labute approximate surface area is 112 Å². The molecule has 19 heavy (non-hydrogen) atoms. The van der Waals surface area contributed by atoms with Crippen LogP contribution in [0.2, 0.25) is 0 Å². The molecular weight excluding hydrogens is 236 g/mol. The van der Waals surface area contributed by atoms with Crippen molar-refractivity contribution in [3.05, 3.63) is 60.2 Å². The van der Waals surface area contributed by atoms with Crippen molar-refractivity contribution >= 4 is 5.91 Å². The second kappa shape index (κ2) is 5.83. The van der Waals surface area contributed by atoms with E-state index >= 15 is 0 Å². The van der Waals surface area contributed by atoms with Crippen LogP contribution in [0.4, 0.5) is 0 Å². The summed E-state index contributed by atoms with van der Waals surface area (Å²) in [6, 6.07) is 18.8. The predicted octanol–water partition coefficient (Wildman–Crippen LogP) is 3.00. The highest BCUT2D eigenvalue weighted by atomic mass is 16.1. The topological polar surface area (TPSA) is 52.9 Å². The molecule has 2 aromatic carbocycles. The first-order valence-electron chi connectivity index (χ1n) is 6.06. The van der Waals surface area contributed by atoms with Gasteiger partial charge in [0.05, 0.1) is 6.07 Å². The van der Waals surface area contributed by atoms with Crippen LogP contribution in [0.1, 0.15) is 17.3 Å². The zero-order valence-electron chi connectivity index (χ0n) is 10.6. The van der Waals surface area contributed by atoms with E-state index in [1.807, 2.05) is 48.5 Å². The van der Waals surface area contributed by atoms with E-state index in [4.69, 9.17) is 5.26 Å². The molecule has 0 aliphatic rings. The number of benzene rings is 2. The van der Waals surface area contributed by atoms with Crippen LogP contribution >= 0.6 is 0 Å². The Morgan fingerprint density at radius 2 is 1.63 bits per heavy atom. The Bertz CT molecular complexity index is 597. The first-order chi connectivity index (χ1) is 9.20. The van der Waals surface area contributed by atoms with Gasteiger partial charge >= 0.3 is 0 Å². The van der Waals surface area contributed by atoms with Crippen molar-refractivity contribution in [2.75, 3.05) is 0 Å². The summed E-state index contributed by atoms with van der Waals surface area (Å²) in [5, 5.41) is 11.3. The lowest BCUT2D eigenvalue weighted by Crippen LogP contribution is -2.31. The van der Waals surface area contributed by atoms with Gasteiger partial charge in [-0.15, -0.1) is 0 Å². The highest BCUT2D eigenvalue weighted by molar-refractivity contribution is 5.95. The molecule has 3 heteroatoms. The third kappa shape index (κ3) is 3.20. The van der Waals surface area contributed by atoms with Gasteiger partial charge in [-0.2, -0.15) is 5.26 Å². The lowest BCUT2D eigenvalue weighted by molar-refractivity contribution is 0.0948. The molecule has 1 amide bonds. The van der Waals surface area contributed by atoms with Gasteiger partial charge in [0.15, 0.2) is 0 Å². The Balaban J connectivity index is 2.15. The van der Waals surface area contributed by atoms with Gasteiger partial charge in [-0.25, -0.2) is 0 Å². The van der Waals surface area contributed by atoms with Gasteiger partial charge < -0.3 is 5.32 Å². The molecule has 1 unspecified atom stereocenters. The smallest absolute Gasteiger partial charge is 0.252 e. The number of hydrogen-bond donors (Lipinski definition) is 1. The Morgan fingerprint density at radius 3 is 2.21 bits per heavy atom. The molecule has 0 aliphatic heterocycles. The van der Waals surface area contributed by atoms with Crippen molar-refractivity contribution in [1.29, 1.82) is 5.26 Å². The molecule has 1 N–H and O–H groups in total. The maximum atomic E-state index is 11.8. The molecule has 0 aliphatic carbocycles. The Hall–Kier alpha value is -2.60. The molecule has 0 heterocycles. The first-order valence-corrected chi connectivity index (χ1v) is 6.06. The summed E-state index contributed by atoms with van der Waals surface area (Å²) in [5.74, 6) is -0.228. The molecule has 0 bridgehead atoms. The number of carbonyl (C=O) groups is 1. The number of carbonyl (C=O) groups excluding carboxylic acids is 1. The van der Waals surface area contributed by atoms with Crippen LogP contribution < -0.4 is 5.32 Å². The number of nitrogens with zero attached hydrogens (tertiary/aromatic N) is 1. The van der Waals surface area contributed by atoms with Gasteiger partial charge in [-0.1, -0.05) is 42.5 Å². The molecule has 0 radical (unpaired) electrons. The van der Waals surface area contributed by atoms with Crippen molar-refractivity contribution in [2.24, 2.45) is 0 Å². The largest absolute Gasteiger partial charge is 0.337 e. The average Bonchev–Trinajstić information content (AvgIpc) is 2.48. The molecule has 1 atom stereocenters. The summed E-state index contributed by atoms with van der Waals surface area (Å²) in [6.45, 7) is 1.65. The van der Waals surface area contributed by atoms with E-state index in [9.17, 15) is 4.79 Å². The van der Waals surface area contributed by atoms with Crippen LogP contribution in [0.15, 0.2) is 54.6 Å². The predicted molar refractivity (Wildman–Crippen MR) is 74.4 cm³/mol. The molecule has 0 spiro atoms. The second-order valence-electron chi connectivity index (χ2n) is 4.27. The number of nitriles is 1. The lowest BCUT2D eigenvalue weighted by Gasteiger charge is -2.07. The fourth-order valence-electron chi connectivity index (χ4n) is 1.76. The van der Waals surface area contributed by atoms with Crippen LogP contribution in [0.25, 0.3) is 11.1 Å². The normalized spacial score (nSPS) is 11.4. The van der Waals surface area contributed by atoms with Crippen LogP contribution in [-0.4, -0.2) is 11.9 Å². The standard InChI is InChI=1S/C16H14N2O/c1-12(11-17)18-16(19)15-9-7-14(8-10-15)13-5-3-2-4-6-13/h2-10,12H,1H3,(H,18,19). The van der Waals surface area contributed by atoms with Crippen molar-refractivity contribution in [1.82, 2.24) is 5.32 Å². The SMILES string of the molecule is CC(C#N)NC(=O)c1ccc(-c2ccccc2)cc1. The fraction of sp³-hybridized carbons (Fsp3) is 0.125. The summed E-state index contributed by atoms with van der Waals surface area (Å²) >= 11 is 0. The monoisotopic (exact) mass is 250 g/mol. The summed E-state index contributed by atoms with van der Waals surface area (Å²) < 4.78 is 0. The Morgan fingerprint density at radius 1 is 1.05 bits per heavy atom.